The second kappa shape index (κ2) is 5.70. The van der Waals surface area contributed by atoms with E-state index < -0.39 is 9.84 Å². The number of fused-ring (bicyclic) bond motifs is 1. The van der Waals surface area contributed by atoms with Gasteiger partial charge in [-0.15, -0.1) is 0 Å². The van der Waals surface area contributed by atoms with Crippen LogP contribution in [0, 0.1) is 6.92 Å². The van der Waals surface area contributed by atoms with Crippen LogP contribution in [0.2, 0.25) is 0 Å². The van der Waals surface area contributed by atoms with E-state index in [0.29, 0.717) is 12.2 Å². The minimum Gasteiger partial charge on any atom is -0.357 e. The highest BCUT2D eigenvalue weighted by Gasteiger charge is 2.47. The van der Waals surface area contributed by atoms with Gasteiger partial charge in [-0.05, 0) is 31.5 Å². The van der Waals surface area contributed by atoms with Crippen molar-refractivity contribution >= 4 is 15.7 Å². The van der Waals surface area contributed by atoms with Gasteiger partial charge in [0.25, 0.3) is 5.91 Å². The lowest BCUT2D eigenvalue weighted by Gasteiger charge is -2.43. The highest BCUT2D eigenvalue weighted by molar-refractivity contribution is 7.91. The normalized spacial score (nSPS) is 27.8. The highest BCUT2D eigenvalue weighted by Crippen LogP contribution is 2.28. The molecule has 22 heavy (non-hydrogen) atoms. The van der Waals surface area contributed by atoms with E-state index in [1.54, 1.807) is 11.1 Å². The molecule has 6 nitrogen and oxygen atoms in total. The number of piperazine rings is 1. The molecule has 0 bridgehead atoms. The van der Waals surface area contributed by atoms with Gasteiger partial charge in [-0.25, -0.2) is 8.42 Å². The van der Waals surface area contributed by atoms with Crippen LogP contribution in [0.25, 0.3) is 0 Å². The Morgan fingerprint density at radius 1 is 1.32 bits per heavy atom. The van der Waals surface area contributed by atoms with Crippen molar-refractivity contribution in [1.29, 1.82) is 0 Å². The van der Waals surface area contributed by atoms with Gasteiger partial charge in [-0.1, -0.05) is 6.92 Å². The lowest BCUT2D eigenvalue weighted by molar-refractivity contribution is 0.0329. The zero-order valence-electron chi connectivity index (χ0n) is 13.1. The van der Waals surface area contributed by atoms with Crippen molar-refractivity contribution in [3.05, 3.63) is 23.5 Å². The fraction of sp³-hybridized carbons (Fsp3) is 0.667. The summed E-state index contributed by atoms with van der Waals surface area (Å²) in [4.78, 5) is 19.7. The summed E-state index contributed by atoms with van der Waals surface area (Å²) in [5.41, 5.74) is 1.55. The first-order valence-corrected chi connectivity index (χ1v) is 9.64. The molecule has 0 aromatic carbocycles. The molecule has 0 radical (unpaired) electrons. The predicted octanol–water partition coefficient (Wildman–Crippen LogP) is 0.657. The van der Waals surface area contributed by atoms with E-state index in [0.717, 1.165) is 25.1 Å². The first-order valence-electron chi connectivity index (χ1n) is 7.82. The topological polar surface area (TPSA) is 73.5 Å². The molecule has 2 fully saturated rings. The fourth-order valence-electron chi connectivity index (χ4n) is 3.62. The van der Waals surface area contributed by atoms with Gasteiger partial charge in [-0.3, -0.25) is 9.69 Å². The van der Waals surface area contributed by atoms with E-state index in [-0.39, 0.29) is 29.5 Å². The SMILES string of the molecule is CCCN1CCN(C(=O)c2cc(C)c[nH]2)[C@H]2CS(=O)(=O)C[C@H]21. The molecular weight excluding hydrogens is 302 g/mol. The number of aromatic nitrogens is 1. The van der Waals surface area contributed by atoms with Crippen LogP contribution in [0.4, 0.5) is 0 Å². The molecule has 2 aliphatic rings. The Bertz CT molecular complexity index is 667. The molecule has 1 aromatic rings. The van der Waals surface area contributed by atoms with Crippen LogP contribution >= 0.6 is 0 Å². The average Bonchev–Trinajstić information content (AvgIpc) is 3.01. The van der Waals surface area contributed by atoms with Gasteiger partial charge in [-0.2, -0.15) is 0 Å². The molecule has 0 spiro atoms. The predicted molar refractivity (Wildman–Crippen MR) is 84.7 cm³/mol. The number of rotatable bonds is 3. The van der Waals surface area contributed by atoms with Crippen LogP contribution in [0.5, 0.6) is 0 Å². The quantitative estimate of drug-likeness (QED) is 0.886. The molecular formula is C15H23N3O3S. The van der Waals surface area contributed by atoms with Crippen molar-refractivity contribution in [2.75, 3.05) is 31.1 Å². The molecule has 2 aliphatic heterocycles. The minimum absolute atomic E-state index is 0.0568. The van der Waals surface area contributed by atoms with Crippen molar-refractivity contribution in [2.24, 2.45) is 0 Å². The van der Waals surface area contributed by atoms with Crippen molar-refractivity contribution < 1.29 is 13.2 Å². The van der Waals surface area contributed by atoms with Crippen molar-refractivity contribution in [3.63, 3.8) is 0 Å². The number of carbonyl (C=O) groups is 1. The van der Waals surface area contributed by atoms with Gasteiger partial charge in [0.15, 0.2) is 9.84 Å². The molecule has 0 aliphatic carbocycles. The number of hydrogen-bond donors (Lipinski definition) is 1. The Balaban J connectivity index is 1.86. The van der Waals surface area contributed by atoms with Crippen molar-refractivity contribution in [2.45, 2.75) is 32.4 Å². The number of H-pyrrole nitrogens is 1. The molecule has 2 saturated heterocycles. The Labute approximate surface area is 131 Å². The van der Waals surface area contributed by atoms with Crippen LogP contribution < -0.4 is 0 Å². The van der Waals surface area contributed by atoms with Crippen LogP contribution in [0.3, 0.4) is 0 Å². The maximum Gasteiger partial charge on any atom is 0.270 e. The third-order valence-electron chi connectivity index (χ3n) is 4.62. The number of hydrogen-bond acceptors (Lipinski definition) is 4. The van der Waals surface area contributed by atoms with Crippen LogP contribution in [-0.4, -0.2) is 72.3 Å². The lowest BCUT2D eigenvalue weighted by atomic mass is 10.0. The smallest absolute Gasteiger partial charge is 0.270 e. The van der Waals surface area contributed by atoms with Crippen molar-refractivity contribution in [1.82, 2.24) is 14.8 Å². The summed E-state index contributed by atoms with van der Waals surface area (Å²) in [6.07, 6.45) is 2.79. The summed E-state index contributed by atoms with van der Waals surface area (Å²) >= 11 is 0. The van der Waals surface area contributed by atoms with Crippen LogP contribution in [0.1, 0.15) is 29.4 Å². The van der Waals surface area contributed by atoms with Crippen LogP contribution in [-0.2, 0) is 9.84 Å². The van der Waals surface area contributed by atoms with Gasteiger partial charge in [0.05, 0.1) is 17.5 Å². The summed E-state index contributed by atoms with van der Waals surface area (Å²) in [6, 6.07) is 1.54. The summed E-state index contributed by atoms with van der Waals surface area (Å²) in [5, 5.41) is 0. The van der Waals surface area contributed by atoms with E-state index in [4.69, 9.17) is 0 Å². The van der Waals surface area contributed by atoms with Gasteiger partial charge in [0, 0.05) is 25.3 Å². The Morgan fingerprint density at radius 2 is 2.05 bits per heavy atom. The molecule has 0 saturated carbocycles. The second-order valence-corrected chi connectivity index (χ2v) is 8.49. The third kappa shape index (κ3) is 2.79. The van der Waals surface area contributed by atoms with E-state index >= 15 is 0 Å². The number of carbonyl (C=O) groups excluding carboxylic acids is 1. The molecule has 2 atom stereocenters. The molecule has 7 heteroatoms. The average molecular weight is 325 g/mol. The second-order valence-electron chi connectivity index (χ2n) is 6.34. The summed E-state index contributed by atoms with van der Waals surface area (Å²) in [7, 11) is -3.07. The van der Waals surface area contributed by atoms with Gasteiger partial charge in [0.2, 0.25) is 0 Å². The molecule has 3 rings (SSSR count). The standard InChI is InChI=1S/C15H23N3O3S/c1-3-4-17-5-6-18(14-10-22(20,21)9-13(14)17)15(19)12-7-11(2)8-16-12/h7-8,13-14,16H,3-6,9-10H2,1-2H3/t13-,14+/m1/s1. The largest absolute Gasteiger partial charge is 0.357 e. The zero-order chi connectivity index (χ0) is 15.9. The first kappa shape index (κ1) is 15.6. The van der Waals surface area contributed by atoms with E-state index in [1.807, 2.05) is 13.0 Å². The molecule has 122 valence electrons. The Kier molecular flexibility index (Phi) is 4.03. The Hall–Kier alpha value is -1.34. The number of aromatic amines is 1. The molecule has 1 aromatic heterocycles. The molecule has 0 unspecified atom stereocenters. The maximum atomic E-state index is 12.7. The molecule has 3 heterocycles. The van der Waals surface area contributed by atoms with E-state index in [2.05, 4.69) is 16.8 Å². The summed E-state index contributed by atoms with van der Waals surface area (Å²) in [5.74, 6) is 0.172. The molecule has 1 N–H and O–H groups in total. The molecule has 1 amide bonds. The van der Waals surface area contributed by atoms with Gasteiger partial charge in [0.1, 0.15) is 5.69 Å². The number of aryl methyl sites for hydroxylation is 1. The van der Waals surface area contributed by atoms with E-state index in [9.17, 15) is 13.2 Å². The Morgan fingerprint density at radius 3 is 2.68 bits per heavy atom. The third-order valence-corrected chi connectivity index (χ3v) is 6.32. The van der Waals surface area contributed by atoms with Crippen LogP contribution in [0.15, 0.2) is 12.3 Å². The summed E-state index contributed by atoms with van der Waals surface area (Å²) in [6.45, 7) is 6.25. The minimum atomic E-state index is -3.07. The van der Waals surface area contributed by atoms with E-state index in [1.165, 1.54) is 0 Å². The maximum absolute atomic E-state index is 12.7. The number of sulfone groups is 1. The zero-order valence-corrected chi connectivity index (χ0v) is 13.9. The number of amides is 1. The van der Waals surface area contributed by atoms with Crippen molar-refractivity contribution in [3.8, 4) is 0 Å². The van der Waals surface area contributed by atoms with Gasteiger partial charge < -0.3 is 9.88 Å². The van der Waals surface area contributed by atoms with Gasteiger partial charge >= 0.3 is 0 Å². The lowest BCUT2D eigenvalue weighted by Crippen LogP contribution is -2.60. The highest BCUT2D eigenvalue weighted by atomic mass is 32.2. The first-order chi connectivity index (χ1) is 10.4. The fourth-order valence-corrected chi connectivity index (χ4v) is 5.63. The monoisotopic (exact) mass is 325 g/mol. The number of nitrogens with one attached hydrogen (secondary N) is 1. The number of nitrogens with zero attached hydrogens (tertiary/aromatic N) is 2. The summed E-state index contributed by atoms with van der Waals surface area (Å²) < 4.78 is 24.2.